The molecule has 0 aliphatic carbocycles. The van der Waals surface area contributed by atoms with E-state index in [0.717, 1.165) is 17.0 Å². The molecule has 4 rings (SSSR count). The predicted molar refractivity (Wildman–Crippen MR) is 127 cm³/mol. The van der Waals surface area contributed by atoms with Gasteiger partial charge in [0.2, 0.25) is 0 Å². The van der Waals surface area contributed by atoms with E-state index in [1.807, 2.05) is 57.2 Å². The van der Waals surface area contributed by atoms with Crippen LogP contribution in [-0.2, 0) is 9.53 Å². The van der Waals surface area contributed by atoms with E-state index in [1.165, 1.54) is 6.20 Å². The summed E-state index contributed by atoms with van der Waals surface area (Å²) in [5.41, 5.74) is 3.64. The fraction of sp³-hybridized carbons (Fsp3) is 0.154. The predicted octanol–water partition coefficient (Wildman–Crippen LogP) is 4.78. The number of anilines is 1. The lowest BCUT2D eigenvalue weighted by Gasteiger charge is -2.12. The molecule has 1 amide bonds. The second kappa shape index (κ2) is 9.99. The van der Waals surface area contributed by atoms with Crippen molar-refractivity contribution in [1.82, 2.24) is 14.8 Å². The van der Waals surface area contributed by atoms with Crippen LogP contribution < -0.4 is 10.1 Å². The van der Waals surface area contributed by atoms with Crippen LogP contribution in [0.15, 0.2) is 72.9 Å². The minimum absolute atomic E-state index is 0.237. The average Bonchev–Trinajstić information content (AvgIpc) is 3.18. The number of nitrogens with zero attached hydrogens (tertiary/aromatic N) is 3. The summed E-state index contributed by atoms with van der Waals surface area (Å²) in [5, 5.41) is 7.09. The number of carbonyl (C=O) groups excluding carboxylic acids is 2. The Balaban J connectivity index is 1.35. The molecule has 4 aromatic rings. The normalized spacial score (nSPS) is 10.6. The van der Waals surface area contributed by atoms with Gasteiger partial charge in [0.1, 0.15) is 5.75 Å². The maximum atomic E-state index is 12.4. The molecule has 0 saturated carbocycles. The van der Waals surface area contributed by atoms with Crippen LogP contribution in [0.3, 0.4) is 0 Å². The number of esters is 1. The first-order valence-corrected chi connectivity index (χ1v) is 10.7. The number of amides is 1. The van der Waals surface area contributed by atoms with E-state index in [4.69, 9.17) is 9.47 Å². The first-order chi connectivity index (χ1) is 16.4. The van der Waals surface area contributed by atoms with Gasteiger partial charge in [-0.1, -0.05) is 29.8 Å². The first-order valence-electron chi connectivity index (χ1n) is 10.7. The highest BCUT2D eigenvalue weighted by Crippen LogP contribution is 2.29. The van der Waals surface area contributed by atoms with Crippen LogP contribution in [0.25, 0.3) is 5.82 Å². The van der Waals surface area contributed by atoms with Crippen molar-refractivity contribution in [2.24, 2.45) is 0 Å². The van der Waals surface area contributed by atoms with Gasteiger partial charge in [0, 0.05) is 11.9 Å². The van der Waals surface area contributed by atoms with E-state index in [1.54, 1.807) is 35.0 Å². The number of pyridine rings is 1. The summed E-state index contributed by atoms with van der Waals surface area (Å²) < 4.78 is 12.7. The molecule has 2 aromatic heterocycles. The van der Waals surface area contributed by atoms with Crippen molar-refractivity contribution in [3.8, 4) is 17.3 Å². The molecule has 0 saturated heterocycles. The molecule has 2 heterocycles. The van der Waals surface area contributed by atoms with Gasteiger partial charge in [-0.2, -0.15) is 5.10 Å². The molecule has 0 atom stereocenters. The van der Waals surface area contributed by atoms with E-state index in [2.05, 4.69) is 15.4 Å². The Morgan fingerprint density at radius 1 is 0.971 bits per heavy atom. The van der Waals surface area contributed by atoms with Gasteiger partial charge in [-0.15, -0.1) is 0 Å². The minimum Gasteiger partial charge on any atom is -0.455 e. The van der Waals surface area contributed by atoms with Gasteiger partial charge in [0.25, 0.3) is 5.91 Å². The Hall–Kier alpha value is -4.46. The van der Waals surface area contributed by atoms with Crippen molar-refractivity contribution < 1.29 is 19.1 Å². The Morgan fingerprint density at radius 2 is 1.74 bits per heavy atom. The standard InChI is InChI=1S/C26H24N4O4/c1-17-8-11-21(12-9-17)34-23-7-5-4-6-22(23)28-25(31)16-33-26(32)20-10-13-24(27-15-20)30-19(3)14-18(2)29-30/h4-15H,16H2,1-3H3,(H,28,31). The molecule has 172 valence electrons. The second-order valence-electron chi connectivity index (χ2n) is 7.78. The van der Waals surface area contributed by atoms with Crippen molar-refractivity contribution >= 4 is 17.6 Å². The molecule has 34 heavy (non-hydrogen) atoms. The zero-order chi connectivity index (χ0) is 24.1. The molecule has 0 spiro atoms. The molecule has 0 bridgehead atoms. The number of aryl methyl sites for hydroxylation is 3. The molecule has 0 fully saturated rings. The van der Waals surface area contributed by atoms with Crippen molar-refractivity contribution in [3.63, 3.8) is 0 Å². The highest BCUT2D eigenvalue weighted by Gasteiger charge is 2.14. The van der Waals surface area contributed by atoms with Gasteiger partial charge in [-0.05, 0) is 63.2 Å². The molecule has 0 radical (unpaired) electrons. The van der Waals surface area contributed by atoms with Crippen molar-refractivity contribution in [1.29, 1.82) is 0 Å². The fourth-order valence-corrected chi connectivity index (χ4v) is 3.29. The van der Waals surface area contributed by atoms with Crippen LogP contribution in [0, 0.1) is 20.8 Å². The van der Waals surface area contributed by atoms with E-state index in [-0.39, 0.29) is 5.56 Å². The fourth-order valence-electron chi connectivity index (χ4n) is 3.29. The second-order valence-corrected chi connectivity index (χ2v) is 7.78. The third-order valence-corrected chi connectivity index (χ3v) is 4.95. The van der Waals surface area contributed by atoms with Gasteiger partial charge in [-0.3, -0.25) is 4.79 Å². The van der Waals surface area contributed by atoms with Crippen LogP contribution in [0.2, 0.25) is 0 Å². The van der Waals surface area contributed by atoms with Crippen LogP contribution in [0.5, 0.6) is 11.5 Å². The Labute approximate surface area is 197 Å². The minimum atomic E-state index is -0.647. The average molecular weight is 457 g/mol. The molecule has 0 aliphatic rings. The number of carbonyl (C=O) groups is 2. The van der Waals surface area contributed by atoms with Crippen LogP contribution in [-0.4, -0.2) is 33.2 Å². The summed E-state index contributed by atoms with van der Waals surface area (Å²) >= 11 is 0. The number of ether oxygens (including phenoxy) is 2. The topological polar surface area (TPSA) is 95.3 Å². The van der Waals surface area contributed by atoms with Crippen molar-refractivity contribution in [2.75, 3.05) is 11.9 Å². The van der Waals surface area contributed by atoms with Gasteiger partial charge < -0.3 is 14.8 Å². The van der Waals surface area contributed by atoms with E-state index < -0.39 is 18.5 Å². The third kappa shape index (κ3) is 5.47. The third-order valence-electron chi connectivity index (χ3n) is 4.95. The number of benzene rings is 2. The zero-order valence-electron chi connectivity index (χ0n) is 19.1. The lowest BCUT2D eigenvalue weighted by atomic mass is 10.2. The van der Waals surface area contributed by atoms with Gasteiger partial charge >= 0.3 is 5.97 Å². The van der Waals surface area contributed by atoms with Crippen molar-refractivity contribution in [2.45, 2.75) is 20.8 Å². The number of aromatic nitrogens is 3. The molecular formula is C26H24N4O4. The van der Waals surface area contributed by atoms with E-state index >= 15 is 0 Å². The zero-order valence-corrected chi connectivity index (χ0v) is 19.1. The van der Waals surface area contributed by atoms with Crippen LogP contribution >= 0.6 is 0 Å². The number of hydrogen-bond acceptors (Lipinski definition) is 6. The van der Waals surface area contributed by atoms with E-state index in [0.29, 0.717) is 23.0 Å². The summed E-state index contributed by atoms with van der Waals surface area (Å²) in [4.78, 5) is 29.1. The van der Waals surface area contributed by atoms with Crippen LogP contribution in [0.4, 0.5) is 5.69 Å². The SMILES string of the molecule is Cc1ccc(Oc2ccccc2NC(=O)COC(=O)c2ccc(-n3nc(C)cc3C)nc2)cc1. The van der Waals surface area contributed by atoms with Gasteiger partial charge in [0.15, 0.2) is 18.2 Å². The smallest absolute Gasteiger partial charge is 0.340 e. The Bertz CT molecular complexity index is 1310. The highest BCUT2D eigenvalue weighted by molar-refractivity contribution is 5.96. The Morgan fingerprint density at radius 3 is 2.41 bits per heavy atom. The first kappa shape index (κ1) is 22.7. The van der Waals surface area contributed by atoms with Crippen LogP contribution in [0.1, 0.15) is 27.3 Å². The number of para-hydroxylation sites is 2. The maximum absolute atomic E-state index is 12.4. The lowest BCUT2D eigenvalue weighted by Crippen LogP contribution is -2.21. The monoisotopic (exact) mass is 456 g/mol. The van der Waals surface area contributed by atoms with Gasteiger partial charge in [0.05, 0.1) is 16.9 Å². The largest absolute Gasteiger partial charge is 0.455 e. The summed E-state index contributed by atoms with van der Waals surface area (Å²) in [6.45, 7) is 5.36. The van der Waals surface area contributed by atoms with Crippen molar-refractivity contribution in [3.05, 3.63) is 95.4 Å². The quantitative estimate of drug-likeness (QED) is 0.402. The molecule has 0 unspecified atom stereocenters. The van der Waals surface area contributed by atoms with E-state index in [9.17, 15) is 9.59 Å². The number of rotatable bonds is 7. The molecule has 2 aromatic carbocycles. The molecular weight excluding hydrogens is 432 g/mol. The Kier molecular flexibility index (Phi) is 6.68. The lowest BCUT2D eigenvalue weighted by molar-refractivity contribution is -0.119. The molecule has 1 N–H and O–H groups in total. The molecule has 0 aliphatic heterocycles. The maximum Gasteiger partial charge on any atom is 0.340 e. The summed E-state index contributed by atoms with van der Waals surface area (Å²) in [6, 6.07) is 19.8. The molecule has 8 nitrogen and oxygen atoms in total. The van der Waals surface area contributed by atoms with Gasteiger partial charge in [-0.25, -0.2) is 14.5 Å². The number of nitrogens with one attached hydrogen (secondary N) is 1. The summed E-state index contributed by atoms with van der Waals surface area (Å²) in [6.07, 6.45) is 1.40. The highest BCUT2D eigenvalue weighted by atomic mass is 16.5. The number of hydrogen-bond donors (Lipinski definition) is 1. The summed E-state index contributed by atoms with van der Waals surface area (Å²) in [5.74, 6) is 0.586. The molecule has 8 heteroatoms. The summed E-state index contributed by atoms with van der Waals surface area (Å²) in [7, 11) is 0.